The van der Waals surface area contributed by atoms with Crippen molar-refractivity contribution < 1.29 is 15.3 Å². The lowest BCUT2D eigenvalue weighted by atomic mass is 9.75. The van der Waals surface area contributed by atoms with Gasteiger partial charge in [-0.15, -0.1) is 0 Å². The molecule has 0 radical (unpaired) electrons. The third-order valence-electron chi connectivity index (χ3n) is 8.86. The Balaban J connectivity index is 1.48. The van der Waals surface area contributed by atoms with Crippen molar-refractivity contribution >= 4 is 0 Å². The standard InChI is InChI=1S/C25H46O3/c1-15(2)21-11-18(13-24(21)27)10-17(4)22-12-19(14-25(22)28)9-16(3)20-7-5-6-8-23(20)26/h15-28H,5-14H2,1-4H3/t16?,17?,18?,19?,20?,21?,22-,23?,24-,25-/m0/s1. The van der Waals surface area contributed by atoms with E-state index in [9.17, 15) is 15.3 Å². The van der Waals surface area contributed by atoms with Gasteiger partial charge >= 0.3 is 0 Å². The summed E-state index contributed by atoms with van der Waals surface area (Å²) in [6.45, 7) is 9.12. The van der Waals surface area contributed by atoms with Crippen LogP contribution in [0.1, 0.15) is 91.9 Å². The second-order valence-corrected chi connectivity index (χ2v) is 11.3. The molecule has 3 aliphatic carbocycles. The van der Waals surface area contributed by atoms with Crippen molar-refractivity contribution in [3.05, 3.63) is 0 Å². The summed E-state index contributed by atoms with van der Waals surface area (Å²) < 4.78 is 0. The monoisotopic (exact) mass is 394 g/mol. The molecular weight excluding hydrogens is 348 g/mol. The molecule has 3 nitrogen and oxygen atoms in total. The first-order valence-corrected chi connectivity index (χ1v) is 12.3. The van der Waals surface area contributed by atoms with Crippen LogP contribution in [-0.2, 0) is 0 Å². The molecule has 0 aliphatic heterocycles. The van der Waals surface area contributed by atoms with Crippen LogP contribution in [0.2, 0.25) is 0 Å². The van der Waals surface area contributed by atoms with E-state index in [0.29, 0.717) is 47.3 Å². The Morgan fingerprint density at radius 2 is 1.11 bits per heavy atom. The van der Waals surface area contributed by atoms with Crippen molar-refractivity contribution in [3.8, 4) is 0 Å². The van der Waals surface area contributed by atoms with Crippen LogP contribution in [0, 0.1) is 47.3 Å². The molecule has 3 rings (SSSR count). The van der Waals surface area contributed by atoms with Gasteiger partial charge in [-0.25, -0.2) is 0 Å². The molecule has 0 amide bonds. The summed E-state index contributed by atoms with van der Waals surface area (Å²) in [5.41, 5.74) is 0. The molecule has 3 heteroatoms. The van der Waals surface area contributed by atoms with E-state index in [1.165, 1.54) is 25.7 Å². The van der Waals surface area contributed by atoms with E-state index in [2.05, 4.69) is 27.7 Å². The smallest absolute Gasteiger partial charge is 0.0573 e. The quantitative estimate of drug-likeness (QED) is 0.568. The minimum atomic E-state index is -0.157. The maximum absolute atomic E-state index is 10.8. The normalized spacial score (nSPS) is 44.1. The molecule has 0 bridgehead atoms. The van der Waals surface area contributed by atoms with Crippen LogP contribution < -0.4 is 0 Å². The highest BCUT2D eigenvalue weighted by Crippen LogP contribution is 2.46. The van der Waals surface area contributed by atoms with Gasteiger partial charge in [-0.1, -0.05) is 40.5 Å². The fourth-order valence-corrected chi connectivity index (χ4v) is 7.23. The molecule has 3 saturated carbocycles. The number of hydrogen-bond acceptors (Lipinski definition) is 3. The van der Waals surface area contributed by atoms with E-state index >= 15 is 0 Å². The van der Waals surface area contributed by atoms with E-state index < -0.39 is 0 Å². The van der Waals surface area contributed by atoms with Crippen molar-refractivity contribution in [1.82, 2.24) is 0 Å². The van der Waals surface area contributed by atoms with Crippen LogP contribution in [0.4, 0.5) is 0 Å². The van der Waals surface area contributed by atoms with Gasteiger partial charge in [-0.3, -0.25) is 0 Å². The summed E-state index contributed by atoms with van der Waals surface area (Å²) in [5.74, 6) is 4.26. The molecule has 10 atom stereocenters. The zero-order chi connectivity index (χ0) is 20.4. The van der Waals surface area contributed by atoms with Gasteiger partial charge in [-0.2, -0.15) is 0 Å². The summed E-state index contributed by atoms with van der Waals surface area (Å²) in [6, 6.07) is 0. The average Bonchev–Trinajstić information content (AvgIpc) is 3.17. The zero-order valence-corrected chi connectivity index (χ0v) is 18.8. The lowest BCUT2D eigenvalue weighted by Gasteiger charge is -2.33. The van der Waals surface area contributed by atoms with Crippen molar-refractivity contribution in [1.29, 1.82) is 0 Å². The summed E-state index contributed by atoms with van der Waals surface area (Å²) >= 11 is 0. The summed E-state index contributed by atoms with van der Waals surface area (Å²) in [6.07, 6.45) is 10.8. The van der Waals surface area contributed by atoms with Gasteiger partial charge in [0.25, 0.3) is 0 Å². The summed E-state index contributed by atoms with van der Waals surface area (Å²) in [4.78, 5) is 0. The van der Waals surface area contributed by atoms with Crippen LogP contribution >= 0.6 is 0 Å². The summed E-state index contributed by atoms with van der Waals surface area (Å²) in [7, 11) is 0. The Labute approximate surface area is 173 Å². The van der Waals surface area contributed by atoms with Crippen LogP contribution in [0.25, 0.3) is 0 Å². The molecule has 0 aromatic carbocycles. The molecule has 0 aromatic heterocycles. The van der Waals surface area contributed by atoms with Crippen LogP contribution in [-0.4, -0.2) is 33.6 Å². The van der Waals surface area contributed by atoms with Crippen LogP contribution in [0.3, 0.4) is 0 Å². The molecule has 164 valence electrons. The maximum Gasteiger partial charge on any atom is 0.0573 e. The fraction of sp³-hybridized carbons (Fsp3) is 1.00. The number of aliphatic hydroxyl groups is 3. The SMILES string of the molecule is CC(C)C1CC(CC(C)[C@@H]2CC(CC(C)C3CCCCC3O)C[C@@H]2O)C[C@@H]1O. The first-order chi connectivity index (χ1) is 13.3. The molecule has 7 unspecified atom stereocenters. The highest BCUT2D eigenvalue weighted by molar-refractivity contribution is 4.91. The maximum atomic E-state index is 10.8. The zero-order valence-electron chi connectivity index (χ0n) is 18.8. The lowest BCUT2D eigenvalue weighted by molar-refractivity contribution is 0.0342. The van der Waals surface area contributed by atoms with Gasteiger partial charge in [0.2, 0.25) is 0 Å². The van der Waals surface area contributed by atoms with E-state index in [1.807, 2.05) is 0 Å². The van der Waals surface area contributed by atoms with Crippen molar-refractivity contribution in [2.24, 2.45) is 47.3 Å². The molecule has 0 saturated heterocycles. The molecule has 3 N–H and O–H groups in total. The molecule has 0 aromatic rings. The van der Waals surface area contributed by atoms with E-state index in [0.717, 1.165) is 38.5 Å². The Morgan fingerprint density at radius 3 is 1.64 bits per heavy atom. The Bertz CT molecular complexity index is 478. The molecule has 3 aliphatic rings. The highest BCUT2D eigenvalue weighted by atomic mass is 16.3. The molecule has 3 fully saturated rings. The van der Waals surface area contributed by atoms with E-state index in [-0.39, 0.29) is 18.3 Å². The van der Waals surface area contributed by atoms with Gasteiger partial charge in [0.1, 0.15) is 0 Å². The second-order valence-electron chi connectivity index (χ2n) is 11.3. The van der Waals surface area contributed by atoms with Gasteiger partial charge < -0.3 is 15.3 Å². The largest absolute Gasteiger partial charge is 0.393 e. The molecule has 0 heterocycles. The van der Waals surface area contributed by atoms with Gasteiger partial charge in [0.15, 0.2) is 0 Å². The van der Waals surface area contributed by atoms with Gasteiger partial charge in [0, 0.05) is 0 Å². The van der Waals surface area contributed by atoms with Gasteiger partial charge in [0.05, 0.1) is 18.3 Å². The molecular formula is C25H46O3. The summed E-state index contributed by atoms with van der Waals surface area (Å²) in [5, 5.41) is 31.5. The second kappa shape index (κ2) is 9.79. The first kappa shape index (κ1) is 22.6. The minimum Gasteiger partial charge on any atom is -0.393 e. The van der Waals surface area contributed by atoms with E-state index in [4.69, 9.17) is 0 Å². The minimum absolute atomic E-state index is 0.104. The topological polar surface area (TPSA) is 60.7 Å². The fourth-order valence-electron chi connectivity index (χ4n) is 7.23. The lowest BCUT2D eigenvalue weighted by Crippen LogP contribution is -2.30. The number of rotatable bonds is 7. The predicted octanol–water partition coefficient (Wildman–Crippen LogP) is 5.02. The third kappa shape index (κ3) is 5.32. The number of hydrogen-bond donors (Lipinski definition) is 3. The Kier molecular flexibility index (Phi) is 7.89. The number of aliphatic hydroxyl groups excluding tert-OH is 3. The van der Waals surface area contributed by atoms with Gasteiger partial charge in [-0.05, 0) is 98.7 Å². The molecule has 0 spiro atoms. The van der Waals surface area contributed by atoms with E-state index in [1.54, 1.807) is 0 Å². The third-order valence-corrected chi connectivity index (χ3v) is 8.86. The van der Waals surface area contributed by atoms with Crippen molar-refractivity contribution in [3.63, 3.8) is 0 Å². The van der Waals surface area contributed by atoms with Crippen LogP contribution in [0.15, 0.2) is 0 Å². The Hall–Kier alpha value is -0.120. The predicted molar refractivity (Wildman–Crippen MR) is 115 cm³/mol. The highest BCUT2D eigenvalue weighted by Gasteiger charge is 2.41. The first-order valence-electron chi connectivity index (χ1n) is 12.3. The average molecular weight is 395 g/mol. The molecule has 28 heavy (non-hydrogen) atoms. The Morgan fingerprint density at radius 1 is 0.607 bits per heavy atom. The van der Waals surface area contributed by atoms with Crippen molar-refractivity contribution in [2.75, 3.05) is 0 Å². The van der Waals surface area contributed by atoms with Crippen LogP contribution in [0.5, 0.6) is 0 Å². The van der Waals surface area contributed by atoms with Crippen molar-refractivity contribution in [2.45, 2.75) is 110 Å².